The normalized spacial score (nSPS) is 17.7. The molecule has 0 radical (unpaired) electrons. The summed E-state index contributed by atoms with van der Waals surface area (Å²) in [6, 6.07) is 12.5. The van der Waals surface area contributed by atoms with Crippen molar-refractivity contribution < 1.29 is 13.2 Å². The van der Waals surface area contributed by atoms with Gasteiger partial charge in [0.1, 0.15) is 5.75 Å². The Hall–Kier alpha value is -1.53. The summed E-state index contributed by atoms with van der Waals surface area (Å²) in [6.07, 6.45) is 1.71. The standard InChI is InChI=1S/C17H18BrNO3S/c1-12-7-8-13-5-3-4-6-16(13)19(12)23(20,21)14-9-10-17(22-2)15(18)11-14/h3-6,9-12H,7-8H2,1-2H3/t12-/m1/s1. The van der Waals surface area contributed by atoms with Gasteiger partial charge in [0.2, 0.25) is 0 Å². The number of benzene rings is 2. The van der Waals surface area contributed by atoms with Gasteiger partial charge in [0.25, 0.3) is 10.0 Å². The molecule has 6 heteroatoms. The fourth-order valence-electron chi connectivity index (χ4n) is 2.94. The topological polar surface area (TPSA) is 46.6 Å². The van der Waals surface area contributed by atoms with Gasteiger partial charge in [0.05, 0.1) is 22.2 Å². The lowest BCUT2D eigenvalue weighted by atomic mass is 9.99. The van der Waals surface area contributed by atoms with Crippen molar-refractivity contribution in [3.05, 3.63) is 52.5 Å². The van der Waals surface area contributed by atoms with Crippen LogP contribution >= 0.6 is 15.9 Å². The smallest absolute Gasteiger partial charge is 0.264 e. The summed E-state index contributed by atoms with van der Waals surface area (Å²) < 4.78 is 33.7. The fourth-order valence-corrected chi connectivity index (χ4v) is 5.39. The predicted molar refractivity (Wildman–Crippen MR) is 94.6 cm³/mol. The molecule has 0 aliphatic carbocycles. The van der Waals surface area contributed by atoms with E-state index in [1.165, 1.54) is 0 Å². The van der Waals surface area contributed by atoms with Crippen LogP contribution in [-0.4, -0.2) is 21.6 Å². The highest BCUT2D eigenvalue weighted by atomic mass is 79.9. The molecular weight excluding hydrogens is 378 g/mol. The van der Waals surface area contributed by atoms with Gasteiger partial charge in [-0.05, 0) is 65.5 Å². The van der Waals surface area contributed by atoms with Gasteiger partial charge in [-0.2, -0.15) is 0 Å². The van der Waals surface area contributed by atoms with Crippen molar-refractivity contribution in [3.63, 3.8) is 0 Å². The van der Waals surface area contributed by atoms with Gasteiger partial charge in [0, 0.05) is 6.04 Å². The third-order valence-electron chi connectivity index (χ3n) is 4.14. The van der Waals surface area contributed by atoms with Crippen molar-refractivity contribution >= 4 is 31.6 Å². The van der Waals surface area contributed by atoms with Gasteiger partial charge in [-0.3, -0.25) is 4.31 Å². The first-order valence-corrected chi connectivity index (χ1v) is 9.64. The minimum atomic E-state index is -3.62. The van der Waals surface area contributed by atoms with Crippen molar-refractivity contribution in [2.75, 3.05) is 11.4 Å². The molecular formula is C17H18BrNO3S. The molecule has 4 nitrogen and oxygen atoms in total. The van der Waals surface area contributed by atoms with Crippen LogP contribution in [0.15, 0.2) is 51.8 Å². The minimum absolute atomic E-state index is 0.0734. The summed E-state index contributed by atoms with van der Waals surface area (Å²) in [4.78, 5) is 0.258. The van der Waals surface area contributed by atoms with E-state index in [-0.39, 0.29) is 10.9 Å². The van der Waals surface area contributed by atoms with E-state index in [1.54, 1.807) is 29.6 Å². The van der Waals surface area contributed by atoms with Gasteiger partial charge < -0.3 is 4.74 Å². The number of fused-ring (bicyclic) bond motifs is 1. The Kier molecular flexibility index (Phi) is 4.38. The highest BCUT2D eigenvalue weighted by Gasteiger charge is 2.33. The number of hydrogen-bond acceptors (Lipinski definition) is 3. The lowest BCUT2D eigenvalue weighted by Crippen LogP contribution is -2.42. The zero-order valence-electron chi connectivity index (χ0n) is 13.0. The van der Waals surface area contributed by atoms with E-state index in [0.717, 1.165) is 24.1 Å². The first-order valence-electron chi connectivity index (χ1n) is 7.41. The summed E-state index contributed by atoms with van der Waals surface area (Å²) in [5.74, 6) is 0.607. The Morgan fingerprint density at radius 1 is 1.22 bits per heavy atom. The molecule has 1 aliphatic rings. The second kappa shape index (κ2) is 6.17. The quantitative estimate of drug-likeness (QED) is 0.788. The predicted octanol–water partition coefficient (Wildman–Crippen LogP) is 3.99. The average molecular weight is 396 g/mol. The molecule has 0 saturated heterocycles. The van der Waals surface area contributed by atoms with Crippen LogP contribution in [0.5, 0.6) is 5.75 Å². The number of halogens is 1. The van der Waals surface area contributed by atoms with Crippen molar-refractivity contribution in [2.45, 2.75) is 30.7 Å². The van der Waals surface area contributed by atoms with Crippen LogP contribution in [0.2, 0.25) is 0 Å². The molecule has 0 amide bonds. The van der Waals surface area contributed by atoms with Gasteiger partial charge in [-0.1, -0.05) is 18.2 Å². The number of sulfonamides is 1. The van der Waals surface area contributed by atoms with Crippen molar-refractivity contribution in [2.24, 2.45) is 0 Å². The van der Waals surface area contributed by atoms with Crippen LogP contribution in [-0.2, 0) is 16.4 Å². The molecule has 122 valence electrons. The highest BCUT2D eigenvalue weighted by Crippen LogP contribution is 2.36. The summed E-state index contributed by atoms with van der Waals surface area (Å²) in [5, 5.41) is 0. The molecule has 0 aromatic heterocycles. The van der Waals surface area contributed by atoms with Crippen LogP contribution in [0.25, 0.3) is 0 Å². The fraction of sp³-hybridized carbons (Fsp3) is 0.294. The number of rotatable bonds is 3. The lowest BCUT2D eigenvalue weighted by molar-refractivity contribution is 0.411. The number of ether oxygens (including phenoxy) is 1. The summed E-state index contributed by atoms with van der Waals surface area (Å²) in [5.41, 5.74) is 1.85. The third-order valence-corrected chi connectivity index (χ3v) is 6.68. The Morgan fingerprint density at radius 3 is 2.65 bits per heavy atom. The monoisotopic (exact) mass is 395 g/mol. The maximum atomic E-state index is 13.2. The van der Waals surface area contributed by atoms with Gasteiger partial charge in [-0.15, -0.1) is 0 Å². The molecule has 2 aromatic carbocycles. The first kappa shape index (κ1) is 16.3. The van der Waals surface area contributed by atoms with Crippen LogP contribution < -0.4 is 9.04 Å². The van der Waals surface area contributed by atoms with E-state index >= 15 is 0 Å². The zero-order valence-corrected chi connectivity index (χ0v) is 15.4. The number of hydrogen-bond donors (Lipinski definition) is 0. The molecule has 0 spiro atoms. The number of methoxy groups -OCH3 is 1. The molecule has 3 rings (SSSR count). The molecule has 23 heavy (non-hydrogen) atoms. The molecule has 0 unspecified atom stereocenters. The summed E-state index contributed by atoms with van der Waals surface area (Å²) in [6.45, 7) is 1.95. The number of nitrogens with zero attached hydrogens (tertiary/aromatic N) is 1. The molecule has 0 saturated carbocycles. The van der Waals surface area contributed by atoms with E-state index in [4.69, 9.17) is 4.74 Å². The Bertz CT molecular complexity index is 835. The van der Waals surface area contributed by atoms with E-state index in [9.17, 15) is 8.42 Å². The number of aryl methyl sites for hydroxylation is 1. The number of para-hydroxylation sites is 1. The minimum Gasteiger partial charge on any atom is -0.496 e. The molecule has 1 heterocycles. The van der Waals surface area contributed by atoms with Gasteiger partial charge in [-0.25, -0.2) is 8.42 Å². The third kappa shape index (κ3) is 2.85. The molecule has 0 fully saturated rings. The molecule has 0 bridgehead atoms. The van der Waals surface area contributed by atoms with E-state index in [2.05, 4.69) is 15.9 Å². The molecule has 1 atom stereocenters. The summed E-state index contributed by atoms with van der Waals surface area (Å²) in [7, 11) is -2.07. The Labute approximate surface area is 145 Å². The van der Waals surface area contributed by atoms with Crippen molar-refractivity contribution in [1.82, 2.24) is 0 Å². The lowest BCUT2D eigenvalue weighted by Gasteiger charge is -2.36. The number of anilines is 1. The first-order chi connectivity index (χ1) is 10.9. The SMILES string of the molecule is COc1ccc(S(=O)(=O)N2c3ccccc3CC[C@H]2C)cc1Br. The van der Waals surface area contributed by atoms with Crippen LogP contribution in [0.4, 0.5) is 5.69 Å². The Morgan fingerprint density at radius 2 is 1.96 bits per heavy atom. The maximum Gasteiger partial charge on any atom is 0.264 e. The largest absolute Gasteiger partial charge is 0.496 e. The second-order valence-electron chi connectivity index (χ2n) is 5.61. The van der Waals surface area contributed by atoms with Crippen molar-refractivity contribution in [3.8, 4) is 5.75 Å². The van der Waals surface area contributed by atoms with Crippen molar-refractivity contribution in [1.29, 1.82) is 0 Å². The van der Waals surface area contributed by atoms with Crippen LogP contribution in [0, 0.1) is 0 Å². The maximum absolute atomic E-state index is 13.2. The average Bonchev–Trinajstić information content (AvgIpc) is 2.54. The Balaban J connectivity index is 2.11. The highest BCUT2D eigenvalue weighted by molar-refractivity contribution is 9.10. The molecule has 0 N–H and O–H groups in total. The zero-order chi connectivity index (χ0) is 16.6. The van der Waals surface area contributed by atoms with E-state index < -0.39 is 10.0 Å². The van der Waals surface area contributed by atoms with Crippen LogP contribution in [0.3, 0.4) is 0 Å². The second-order valence-corrected chi connectivity index (χ2v) is 8.28. The van der Waals surface area contributed by atoms with Gasteiger partial charge in [0.15, 0.2) is 0 Å². The van der Waals surface area contributed by atoms with E-state index in [0.29, 0.717) is 10.2 Å². The van der Waals surface area contributed by atoms with Crippen LogP contribution in [0.1, 0.15) is 18.9 Å². The summed E-state index contributed by atoms with van der Waals surface area (Å²) >= 11 is 3.36. The molecule has 2 aromatic rings. The molecule has 1 aliphatic heterocycles. The van der Waals surface area contributed by atoms with E-state index in [1.807, 2.05) is 31.2 Å². The van der Waals surface area contributed by atoms with Gasteiger partial charge >= 0.3 is 0 Å².